The van der Waals surface area contributed by atoms with E-state index in [1.807, 2.05) is 6.07 Å². The maximum atomic E-state index is 9.37. The van der Waals surface area contributed by atoms with E-state index in [0.717, 1.165) is 5.56 Å². The minimum Gasteiger partial charge on any atom is -0.493 e. The zero-order valence-electron chi connectivity index (χ0n) is 10.9. The Hall–Kier alpha value is -1.62. The van der Waals surface area contributed by atoms with Crippen molar-refractivity contribution in [2.75, 3.05) is 21.0 Å². The van der Waals surface area contributed by atoms with Crippen LogP contribution in [0.5, 0.6) is 23.0 Å². The molecule has 0 aromatic heterocycles. The first kappa shape index (κ1) is 12.8. The van der Waals surface area contributed by atoms with Gasteiger partial charge in [0, 0.05) is 5.56 Å². The first-order chi connectivity index (χ1) is 8.67. The third kappa shape index (κ3) is 2.31. The van der Waals surface area contributed by atoms with E-state index >= 15 is 0 Å². The first-order valence-electron chi connectivity index (χ1n) is 5.89. The molecule has 5 heteroatoms. The Bertz CT molecular complexity index is 428. The Morgan fingerprint density at radius 3 is 2.61 bits per heavy atom. The summed E-state index contributed by atoms with van der Waals surface area (Å²) in [5, 5.41) is 9.37. The van der Waals surface area contributed by atoms with E-state index in [-0.39, 0.29) is 12.9 Å². The molecule has 1 aromatic rings. The standard InChI is InChI=1S/C13H18O5/c1-8(14)4-5-9-6-10(15-2)12-13(11(9)16-3)18-7-17-12/h6,8,14H,4-5,7H2,1-3H3. The van der Waals surface area contributed by atoms with Crippen molar-refractivity contribution >= 4 is 0 Å². The SMILES string of the molecule is COc1cc(CCC(C)O)c(OC)c2c1OCO2. The molecular formula is C13H18O5. The normalized spacial score (nSPS) is 14.4. The largest absolute Gasteiger partial charge is 0.493 e. The average molecular weight is 254 g/mol. The van der Waals surface area contributed by atoms with Crippen molar-refractivity contribution in [3.8, 4) is 23.0 Å². The number of fused-ring (bicyclic) bond motifs is 1. The molecule has 0 amide bonds. The van der Waals surface area contributed by atoms with Crippen LogP contribution in [0.15, 0.2) is 6.07 Å². The lowest BCUT2D eigenvalue weighted by molar-refractivity contribution is 0.168. The summed E-state index contributed by atoms with van der Waals surface area (Å²) in [6.07, 6.45) is 0.985. The smallest absolute Gasteiger partial charge is 0.231 e. The van der Waals surface area contributed by atoms with Crippen LogP contribution in [0.25, 0.3) is 0 Å². The summed E-state index contributed by atoms with van der Waals surface area (Å²) in [6.45, 7) is 1.93. The predicted molar refractivity (Wildman–Crippen MR) is 65.7 cm³/mol. The molecule has 100 valence electrons. The molecule has 1 unspecified atom stereocenters. The Morgan fingerprint density at radius 1 is 1.28 bits per heavy atom. The predicted octanol–water partition coefficient (Wildman–Crippen LogP) is 1.75. The molecule has 18 heavy (non-hydrogen) atoms. The number of aliphatic hydroxyl groups excluding tert-OH is 1. The minimum absolute atomic E-state index is 0.169. The van der Waals surface area contributed by atoms with Crippen molar-refractivity contribution in [2.45, 2.75) is 25.9 Å². The number of benzene rings is 1. The van der Waals surface area contributed by atoms with E-state index in [2.05, 4.69) is 0 Å². The second-order valence-electron chi connectivity index (χ2n) is 4.22. The number of rotatable bonds is 5. The summed E-state index contributed by atoms with van der Waals surface area (Å²) in [5.41, 5.74) is 0.944. The third-order valence-electron chi connectivity index (χ3n) is 2.90. The van der Waals surface area contributed by atoms with Crippen LogP contribution < -0.4 is 18.9 Å². The van der Waals surface area contributed by atoms with Gasteiger partial charge in [0.2, 0.25) is 18.3 Å². The van der Waals surface area contributed by atoms with E-state index in [9.17, 15) is 5.11 Å². The maximum Gasteiger partial charge on any atom is 0.231 e. The molecule has 0 aliphatic carbocycles. The molecule has 1 aliphatic rings. The number of ether oxygens (including phenoxy) is 4. The van der Waals surface area contributed by atoms with Gasteiger partial charge >= 0.3 is 0 Å². The Labute approximate surface area is 106 Å². The van der Waals surface area contributed by atoms with Crippen molar-refractivity contribution < 1.29 is 24.1 Å². The highest BCUT2D eigenvalue weighted by Crippen LogP contribution is 2.49. The first-order valence-corrected chi connectivity index (χ1v) is 5.89. The van der Waals surface area contributed by atoms with Crippen molar-refractivity contribution in [3.05, 3.63) is 11.6 Å². The van der Waals surface area contributed by atoms with Gasteiger partial charge in [-0.1, -0.05) is 0 Å². The molecule has 0 radical (unpaired) electrons. The summed E-state index contributed by atoms with van der Waals surface area (Å²) in [4.78, 5) is 0. The van der Waals surface area contributed by atoms with Crippen molar-refractivity contribution in [1.82, 2.24) is 0 Å². The molecular weight excluding hydrogens is 236 g/mol. The second-order valence-corrected chi connectivity index (χ2v) is 4.22. The minimum atomic E-state index is -0.355. The zero-order valence-corrected chi connectivity index (χ0v) is 10.9. The average Bonchev–Trinajstić information content (AvgIpc) is 2.83. The van der Waals surface area contributed by atoms with Gasteiger partial charge in [-0.05, 0) is 25.8 Å². The van der Waals surface area contributed by atoms with Crippen LogP contribution in [0.1, 0.15) is 18.9 Å². The Morgan fingerprint density at radius 2 is 2.00 bits per heavy atom. The van der Waals surface area contributed by atoms with Crippen molar-refractivity contribution in [2.24, 2.45) is 0 Å². The van der Waals surface area contributed by atoms with Gasteiger partial charge in [-0.2, -0.15) is 0 Å². The van der Waals surface area contributed by atoms with Gasteiger partial charge < -0.3 is 24.1 Å². The quantitative estimate of drug-likeness (QED) is 0.867. The van der Waals surface area contributed by atoms with Crippen LogP contribution in [0.2, 0.25) is 0 Å². The number of methoxy groups -OCH3 is 2. The van der Waals surface area contributed by atoms with E-state index in [1.54, 1.807) is 21.1 Å². The fourth-order valence-electron chi connectivity index (χ4n) is 1.99. The molecule has 1 aromatic carbocycles. The Kier molecular flexibility index (Phi) is 3.81. The maximum absolute atomic E-state index is 9.37. The molecule has 0 saturated heterocycles. The van der Waals surface area contributed by atoms with Gasteiger partial charge in [-0.15, -0.1) is 0 Å². The van der Waals surface area contributed by atoms with E-state index in [1.165, 1.54) is 0 Å². The van der Waals surface area contributed by atoms with Crippen LogP contribution in [0.3, 0.4) is 0 Å². The molecule has 1 atom stereocenters. The van der Waals surface area contributed by atoms with Gasteiger partial charge in [-0.25, -0.2) is 0 Å². The van der Waals surface area contributed by atoms with Gasteiger partial charge in [0.1, 0.15) is 0 Å². The highest BCUT2D eigenvalue weighted by molar-refractivity contribution is 5.63. The van der Waals surface area contributed by atoms with Crippen LogP contribution in [0.4, 0.5) is 0 Å². The lowest BCUT2D eigenvalue weighted by atomic mass is 10.0. The number of aliphatic hydroxyl groups is 1. The van der Waals surface area contributed by atoms with Crippen LogP contribution in [-0.2, 0) is 6.42 Å². The van der Waals surface area contributed by atoms with Gasteiger partial charge in [0.15, 0.2) is 11.5 Å². The molecule has 1 N–H and O–H groups in total. The van der Waals surface area contributed by atoms with Crippen LogP contribution in [0, 0.1) is 0 Å². The molecule has 0 saturated carbocycles. The van der Waals surface area contributed by atoms with Gasteiger partial charge in [-0.3, -0.25) is 0 Å². The van der Waals surface area contributed by atoms with Crippen molar-refractivity contribution in [3.63, 3.8) is 0 Å². The fourth-order valence-corrected chi connectivity index (χ4v) is 1.99. The van der Waals surface area contributed by atoms with Crippen LogP contribution >= 0.6 is 0 Å². The summed E-state index contributed by atoms with van der Waals surface area (Å²) in [7, 11) is 3.18. The molecule has 2 rings (SSSR count). The fraction of sp³-hybridized carbons (Fsp3) is 0.538. The monoisotopic (exact) mass is 254 g/mol. The lowest BCUT2D eigenvalue weighted by Gasteiger charge is -2.14. The van der Waals surface area contributed by atoms with Crippen LogP contribution in [-0.4, -0.2) is 32.2 Å². The Balaban J connectivity index is 2.38. The molecule has 1 heterocycles. The molecule has 0 fully saturated rings. The lowest BCUT2D eigenvalue weighted by Crippen LogP contribution is -2.03. The summed E-state index contributed by atoms with van der Waals surface area (Å²) in [5.74, 6) is 2.44. The van der Waals surface area contributed by atoms with E-state index in [4.69, 9.17) is 18.9 Å². The highest BCUT2D eigenvalue weighted by atomic mass is 16.7. The second kappa shape index (κ2) is 5.35. The number of hydrogen-bond donors (Lipinski definition) is 1. The summed E-state index contributed by atoms with van der Waals surface area (Å²) in [6, 6.07) is 1.87. The topological polar surface area (TPSA) is 57.2 Å². The summed E-state index contributed by atoms with van der Waals surface area (Å²) >= 11 is 0. The zero-order chi connectivity index (χ0) is 13.1. The summed E-state index contributed by atoms with van der Waals surface area (Å²) < 4.78 is 21.4. The highest BCUT2D eigenvalue weighted by Gasteiger charge is 2.26. The number of aryl methyl sites for hydroxylation is 1. The van der Waals surface area contributed by atoms with Crippen molar-refractivity contribution in [1.29, 1.82) is 0 Å². The number of hydrogen-bond acceptors (Lipinski definition) is 5. The van der Waals surface area contributed by atoms with E-state index in [0.29, 0.717) is 35.8 Å². The molecule has 5 nitrogen and oxygen atoms in total. The molecule has 0 spiro atoms. The molecule has 1 aliphatic heterocycles. The third-order valence-corrected chi connectivity index (χ3v) is 2.90. The van der Waals surface area contributed by atoms with Gasteiger partial charge in [0.25, 0.3) is 0 Å². The van der Waals surface area contributed by atoms with Gasteiger partial charge in [0.05, 0.1) is 20.3 Å². The van der Waals surface area contributed by atoms with E-state index < -0.39 is 0 Å². The molecule has 0 bridgehead atoms.